The zero-order valence-electron chi connectivity index (χ0n) is 20.2. The largest absolute Gasteiger partial charge is 0.393 e. The van der Waals surface area contributed by atoms with Crippen LogP contribution in [0.15, 0.2) is 11.6 Å². The Morgan fingerprint density at radius 3 is 2.52 bits per heavy atom. The van der Waals surface area contributed by atoms with Gasteiger partial charge in [0.2, 0.25) is 0 Å². The van der Waals surface area contributed by atoms with Gasteiger partial charge in [-0.15, -0.1) is 0 Å². The van der Waals surface area contributed by atoms with Crippen molar-refractivity contribution in [3.63, 3.8) is 0 Å². The Labute approximate surface area is 188 Å². The van der Waals surface area contributed by atoms with Gasteiger partial charge in [-0.2, -0.15) is 0 Å². The highest BCUT2D eigenvalue weighted by molar-refractivity contribution is 5.47. The van der Waals surface area contributed by atoms with Gasteiger partial charge in [-0.1, -0.05) is 60.0 Å². The fourth-order valence-corrected chi connectivity index (χ4v) is 9.00. The Bertz CT molecular complexity index is 762. The van der Waals surface area contributed by atoms with Crippen LogP contribution < -0.4 is 0 Å². The maximum Gasteiger partial charge on any atom is 0.124 e. The molecule has 0 amide bonds. The summed E-state index contributed by atoms with van der Waals surface area (Å²) in [6.45, 7) is 11.7. The number of hydrogen-bond acceptors (Lipinski definition) is 4. The van der Waals surface area contributed by atoms with Crippen molar-refractivity contribution < 1.29 is 20.1 Å². The van der Waals surface area contributed by atoms with Crippen molar-refractivity contribution in [1.82, 2.24) is 0 Å². The van der Waals surface area contributed by atoms with E-state index in [9.17, 15) is 15.3 Å². The van der Waals surface area contributed by atoms with Crippen LogP contribution in [0.25, 0.3) is 0 Å². The van der Waals surface area contributed by atoms with Crippen molar-refractivity contribution in [2.24, 2.45) is 34.5 Å². The summed E-state index contributed by atoms with van der Waals surface area (Å²) in [6.07, 6.45) is 9.68. The molecule has 5 aliphatic rings. The zero-order chi connectivity index (χ0) is 22.4. The van der Waals surface area contributed by atoms with Crippen LogP contribution in [0.1, 0.15) is 92.4 Å². The second-order valence-corrected chi connectivity index (χ2v) is 12.8. The maximum absolute atomic E-state index is 11.7. The number of fused-ring (bicyclic) bond motifs is 3. The van der Waals surface area contributed by atoms with Crippen LogP contribution in [-0.4, -0.2) is 44.8 Å². The first-order valence-corrected chi connectivity index (χ1v) is 13.0. The summed E-state index contributed by atoms with van der Waals surface area (Å²) in [5, 5.41) is 33.1. The number of aliphatic hydroxyl groups is 3. The molecule has 1 spiro atoms. The molecule has 5 unspecified atom stereocenters. The van der Waals surface area contributed by atoms with E-state index >= 15 is 0 Å². The Morgan fingerprint density at radius 1 is 1.06 bits per heavy atom. The minimum Gasteiger partial charge on any atom is -0.393 e. The van der Waals surface area contributed by atoms with Crippen molar-refractivity contribution in [1.29, 1.82) is 0 Å². The topological polar surface area (TPSA) is 73.2 Å². The van der Waals surface area contributed by atoms with E-state index in [4.69, 9.17) is 4.74 Å². The molecule has 0 aromatic carbocycles. The standard InChI is InChI=1S/C27H44O4/c1-16(2)7-6-8-17(3)19-9-10-20-21-13-22(29)26(30)14-18(28)11-12-25(26,5)27(21)23(31-27)15-24(19,20)4/h13,16-20,22-23,28-30H,6-12,14-15H2,1-5H3/t17-,18?,19-,20+,22?,23?,24-,25+,26?,27?/m1/s1. The molecule has 4 heteroatoms. The monoisotopic (exact) mass is 432 g/mol. The molecule has 10 atom stereocenters. The molecule has 31 heavy (non-hydrogen) atoms. The highest BCUT2D eigenvalue weighted by Gasteiger charge is 2.82. The molecule has 3 saturated carbocycles. The SMILES string of the molecule is CC(C)CCC[C@@H](C)[C@H]1CC[C@H]2C3=CC(O)C4(O)CC(O)CC[C@]4(C)C34OC4C[C@]12C. The molecule has 4 nitrogen and oxygen atoms in total. The second-order valence-electron chi connectivity index (χ2n) is 12.8. The average molecular weight is 433 g/mol. The summed E-state index contributed by atoms with van der Waals surface area (Å²) in [4.78, 5) is 0. The number of hydrogen-bond donors (Lipinski definition) is 3. The van der Waals surface area contributed by atoms with Gasteiger partial charge in [0.25, 0.3) is 0 Å². The van der Waals surface area contributed by atoms with Gasteiger partial charge in [-0.25, -0.2) is 0 Å². The quantitative estimate of drug-likeness (QED) is 0.438. The van der Waals surface area contributed by atoms with Gasteiger partial charge in [0, 0.05) is 11.8 Å². The van der Waals surface area contributed by atoms with Gasteiger partial charge in [-0.05, 0) is 66.8 Å². The van der Waals surface area contributed by atoms with E-state index in [1.165, 1.54) is 37.7 Å². The van der Waals surface area contributed by atoms with Crippen molar-refractivity contribution in [3.05, 3.63) is 11.6 Å². The first kappa shape index (κ1) is 22.4. The molecule has 0 aromatic rings. The van der Waals surface area contributed by atoms with Crippen LogP contribution in [0, 0.1) is 34.5 Å². The van der Waals surface area contributed by atoms with Gasteiger partial charge < -0.3 is 20.1 Å². The molecule has 0 radical (unpaired) electrons. The lowest BCUT2D eigenvalue weighted by Gasteiger charge is -2.60. The van der Waals surface area contributed by atoms with E-state index in [1.807, 2.05) is 6.08 Å². The lowest BCUT2D eigenvalue weighted by molar-refractivity contribution is -0.210. The zero-order valence-corrected chi connectivity index (χ0v) is 20.2. The summed E-state index contributed by atoms with van der Waals surface area (Å²) >= 11 is 0. The van der Waals surface area contributed by atoms with E-state index in [2.05, 4.69) is 34.6 Å². The Balaban J connectivity index is 1.45. The van der Waals surface area contributed by atoms with Crippen molar-refractivity contribution >= 4 is 0 Å². The number of rotatable bonds is 5. The third-order valence-corrected chi connectivity index (χ3v) is 10.8. The summed E-state index contributed by atoms with van der Waals surface area (Å²) in [5.74, 6) is 2.63. The average Bonchev–Trinajstić information content (AvgIpc) is 3.30. The molecular weight excluding hydrogens is 388 g/mol. The van der Waals surface area contributed by atoms with Gasteiger partial charge in [-0.3, -0.25) is 0 Å². The molecular formula is C27H44O4. The molecule has 4 fully saturated rings. The smallest absolute Gasteiger partial charge is 0.124 e. The summed E-state index contributed by atoms with van der Waals surface area (Å²) in [6, 6.07) is 0. The van der Waals surface area contributed by atoms with Crippen LogP contribution >= 0.6 is 0 Å². The predicted octanol–water partition coefficient (Wildman–Crippen LogP) is 4.61. The summed E-state index contributed by atoms with van der Waals surface area (Å²) in [7, 11) is 0. The van der Waals surface area contributed by atoms with Crippen LogP contribution in [0.4, 0.5) is 0 Å². The van der Waals surface area contributed by atoms with E-state index in [0.29, 0.717) is 30.6 Å². The van der Waals surface area contributed by atoms with Gasteiger partial charge in [0.05, 0.1) is 12.2 Å². The number of aliphatic hydroxyl groups excluding tert-OH is 2. The third kappa shape index (κ3) is 2.80. The molecule has 1 saturated heterocycles. The molecule has 176 valence electrons. The molecule has 0 bridgehead atoms. The number of ether oxygens (including phenoxy) is 1. The molecule has 1 aliphatic heterocycles. The van der Waals surface area contributed by atoms with E-state index in [1.54, 1.807) is 0 Å². The Hall–Kier alpha value is -0.420. The molecule has 4 aliphatic carbocycles. The van der Waals surface area contributed by atoms with Gasteiger partial charge in [0.1, 0.15) is 17.3 Å². The number of epoxide rings is 1. The predicted molar refractivity (Wildman–Crippen MR) is 121 cm³/mol. The highest BCUT2D eigenvalue weighted by atomic mass is 16.6. The Kier molecular flexibility index (Phi) is 5.08. The van der Waals surface area contributed by atoms with E-state index in [-0.39, 0.29) is 17.9 Å². The van der Waals surface area contributed by atoms with Crippen molar-refractivity contribution in [3.8, 4) is 0 Å². The first-order valence-electron chi connectivity index (χ1n) is 13.0. The van der Waals surface area contributed by atoms with Gasteiger partial charge in [0.15, 0.2) is 0 Å². The van der Waals surface area contributed by atoms with Crippen LogP contribution in [0.5, 0.6) is 0 Å². The molecule has 1 heterocycles. The fraction of sp³-hybridized carbons (Fsp3) is 0.926. The minimum atomic E-state index is -1.31. The fourth-order valence-electron chi connectivity index (χ4n) is 9.00. The van der Waals surface area contributed by atoms with E-state index in [0.717, 1.165) is 12.3 Å². The Morgan fingerprint density at radius 2 is 1.81 bits per heavy atom. The van der Waals surface area contributed by atoms with Gasteiger partial charge >= 0.3 is 0 Å². The normalized spacial score (nSPS) is 53.8. The molecule has 0 aromatic heterocycles. The van der Waals surface area contributed by atoms with E-state index < -0.39 is 28.8 Å². The highest BCUT2D eigenvalue weighted by Crippen LogP contribution is 2.76. The maximum atomic E-state index is 11.7. The summed E-state index contributed by atoms with van der Waals surface area (Å²) < 4.78 is 6.61. The third-order valence-electron chi connectivity index (χ3n) is 10.8. The second kappa shape index (κ2) is 7.04. The van der Waals surface area contributed by atoms with Crippen molar-refractivity contribution in [2.75, 3.05) is 0 Å². The first-order chi connectivity index (χ1) is 14.5. The molecule has 3 N–H and O–H groups in total. The van der Waals surface area contributed by atoms with Crippen LogP contribution in [0.2, 0.25) is 0 Å². The lowest BCUT2D eigenvalue weighted by atomic mass is 9.45. The minimum absolute atomic E-state index is 0.141. The molecule has 5 rings (SSSR count). The lowest BCUT2D eigenvalue weighted by Crippen LogP contribution is -2.69. The van der Waals surface area contributed by atoms with Crippen LogP contribution in [-0.2, 0) is 4.74 Å². The van der Waals surface area contributed by atoms with Crippen LogP contribution in [0.3, 0.4) is 0 Å². The summed E-state index contributed by atoms with van der Waals surface area (Å²) in [5.41, 5.74) is -0.762. The van der Waals surface area contributed by atoms with Crippen molar-refractivity contribution in [2.45, 2.75) is 122 Å².